The zero-order chi connectivity index (χ0) is 14.0. The number of halogens is 2. The first kappa shape index (κ1) is 13.6. The van der Waals surface area contributed by atoms with Crippen LogP contribution in [-0.2, 0) is 0 Å². The van der Waals surface area contributed by atoms with Gasteiger partial charge in [0.15, 0.2) is 5.13 Å². The average molecular weight is 301 g/mol. The second-order valence-electron chi connectivity index (χ2n) is 3.56. The van der Waals surface area contributed by atoms with Gasteiger partial charge in [0, 0.05) is 12.1 Å². The van der Waals surface area contributed by atoms with Crippen molar-refractivity contribution in [2.75, 3.05) is 23.4 Å². The number of amides is 1. The molecule has 0 fully saturated rings. The fourth-order valence-electron chi connectivity index (χ4n) is 1.37. The fraction of sp³-hybridized carbons (Fsp3) is 0.0909. The fourth-order valence-corrected chi connectivity index (χ4v) is 2.26. The Hall–Kier alpha value is -1.86. The standard InChI is InChI=1S/C11H10ClFN4OS/c1-15-11-17-9(14)8(19-11)10(18)16-7-3-2-5(12)4-6(7)13/h2-4H,14H2,1H3,(H,15,17)(H,16,18). The van der Waals surface area contributed by atoms with Gasteiger partial charge in [0.05, 0.1) is 5.69 Å². The van der Waals surface area contributed by atoms with Gasteiger partial charge in [0.1, 0.15) is 16.5 Å². The van der Waals surface area contributed by atoms with Crippen LogP contribution < -0.4 is 16.4 Å². The maximum atomic E-state index is 13.5. The van der Waals surface area contributed by atoms with Crippen molar-refractivity contribution in [3.8, 4) is 0 Å². The predicted molar refractivity (Wildman–Crippen MR) is 75.4 cm³/mol. The zero-order valence-electron chi connectivity index (χ0n) is 9.83. The van der Waals surface area contributed by atoms with Gasteiger partial charge in [0.2, 0.25) is 0 Å². The van der Waals surface area contributed by atoms with Crippen LogP contribution in [0.5, 0.6) is 0 Å². The van der Waals surface area contributed by atoms with Crippen LogP contribution in [-0.4, -0.2) is 17.9 Å². The normalized spacial score (nSPS) is 10.3. The summed E-state index contributed by atoms with van der Waals surface area (Å²) in [4.78, 5) is 16.1. The van der Waals surface area contributed by atoms with E-state index in [-0.39, 0.29) is 21.4 Å². The van der Waals surface area contributed by atoms with Crippen LogP contribution in [0.3, 0.4) is 0 Å². The van der Waals surface area contributed by atoms with E-state index in [2.05, 4.69) is 15.6 Å². The van der Waals surface area contributed by atoms with Crippen LogP contribution in [0.15, 0.2) is 18.2 Å². The molecule has 0 spiro atoms. The highest BCUT2D eigenvalue weighted by Crippen LogP contribution is 2.26. The molecule has 0 saturated heterocycles. The molecule has 1 aromatic carbocycles. The molecule has 100 valence electrons. The van der Waals surface area contributed by atoms with E-state index in [4.69, 9.17) is 17.3 Å². The minimum atomic E-state index is -0.613. The summed E-state index contributed by atoms with van der Waals surface area (Å²) in [6, 6.07) is 3.98. The Morgan fingerprint density at radius 3 is 2.84 bits per heavy atom. The van der Waals surface area contributed by atoms with E-state index in [1.165, 1.54) is 12.1 Å². The molecule has 0 saturated carbocycles. The van der Waals surface area contributed by atoms with Crippen molar-refractivity contribution in [1.29, 1.82) is 0 Å². The molecule has 8 heteroatoms. The van der Waals surface area contributed by atoms with Crippen LogP contribution in [0, 0.1) is 5.82 Å². The largest absolute Gasteiger partial charge is 0.382 e. The van der Waals surface area contributed by atoms with Crippen molar-refractivity contribution in [2.45, 2.75) is 0 Å². The Morgan fingerprint density at radius 2 is 2.26 bits per heavy atom. The Kier molecular flexibility index (Phi) is 3.87. The van der Waals surface area contributed by atoms with Crippen LogP contribution in [0.4, 0.5) is 21.0 Å². The van der Waals surface area contributed by atoms with E-state index in [0.717, 1.165) is 17.4 Å². The quantitative estimate of drug-likeness (QED) is 0.814. The molecule has 2 rings (SSSR count). The lowest BCUT2D eigenvalue weighted by molar-refractivity contribution is 0.103. The number of hydrogen-bond acceptors (Lipinski definition) is 5. The second kappa shape index (κ2) is 5.41. The molecule has 0 aliphatic rings. The number of aromatic nitrogens is 1. The first-order valence-electron chi connectivity index (χ1n) is 5.21. The van der Waals surface area contributed by atoms with Crippen molar-refractivity contribution < 1.29 is 9.18 Å². The van der Waals surface area contributed by atoms with Gasteiger partial charge in [-0.1, -0.05) is 22.9 Å². The first-order valence-corrected chi connectivity index (χ1v) is 6.41. The maximum absolute atomic E-state index is 13.5. The summed E-state index contributed by atoms with van der Waals surface area (Å²) in [6.07, 6.45) is 0. The van der Waals surface area contributed by atoms with E-state index < -0.39 is 11.7 Å². The SMILES string of the molecule is CNc1nc(N)c(C(=O)Nc2ccc(Cl)cc2F)s1. The highest BCUT2D eigenvalue weighted by molar-refractivity contribution is 7.18. The van der Waals surface area contributed by atoms with Crippen LogP contribution in [0.1, 0.15) is 9.67 Å². The number of carbonyl (C=O) groups excluding carboxylic acids is 1. The molecule has 0 aliphatic heterocycles. The lowest BCUT2D eigenvalue weighted by Crippen LogP contribution is -2.13. The molecule has 0 unspecified atom stereocenters. The van der Waals surface area contributed by atoms with Gasteiger partial charge in [-0.25, -0.2) is 9.37 Å². The number of benzene rings is 1. The lowest BCUT2D eigenvalue weighted by Gasteiger charge is -2.05. The summed E-state index contributed by atoms with van der Waals surface area (Å²) in [5.41, 5.74) is 5.65. The Balaban J connectivity index is 2.23. The third kappa shape index (κ3) is 2.94. The van der Waals surface area contributed by atoms with Gasteiger partial charge in [-0.05, 0) is 18.2 Å². The summed E-state index contributed by atoms with van der Waals surface area (Å²) in [5.74, 6) is -1.03. The number of nitrogens with two attached hydrogens (primary N) is 1. The number of nitrogens with one attached hydrogen (secondary N) is 2. The Bertz CT molecular complexity index is 631. The number of nitrogens with zero attached hydrogens (tertiary/aromatic N) is 1. The smallest absolute Gasteiger partial charge is 0.269 e. The Labute approximate surface area is 117 Å². The van der Waals surface area contributed by atoms with Crippen molar-refractivity contribution in [3.05, 3.63) is 33.9 Å². The summed E-state index contributed by atoms with van der Waals surface area (Å²) >= 11 is 6.72. The molecule has 0 aliphatic carbocycles. The summed E-state index contributed by atoms with van der Waals surface area (Å²) in [7, 11) is 1.67. The molecular formula is C11H10ClFN4OS. The monoisotopic (exact) mass is 300 g/mol. The molecule has 0 bridgehead atoms. The molecule has 1 heterocycles. The van der Waals surface area contributed by atoms with E-state index >= 15 is 0 Å². The van der Waals surface area contributed by atoms with Gasteiger partial charge >= 0.3 is 0 Å². The predicted octanol–water partition coefficient (Wildman–Crippen LogP) is 2.81. The topological polar surface area (TPSA) is 80.0 Å². The maximum Gasteiger partial charge on any atom is 0.269 e. The molecule has 0 atom stereocenters. The number of thiazole rings is 1. The molecule has 5 nitrogen and oxygen atoms in total. The second-order valence-corrected chi connectivity index (χ2v) is 5.00. The van der Waals surface area contributed by atoms with E-state index in [0.29, 0.717) is 5.13 Å². The molecule has 4 N–H and O–H groups in total. The van der Waals surface area contributed by atoms with Crippen molar-refractivity contribution >= 4 is 45.5 Å². The summed E-state index contributed by atoms with van der Waals surface area (Å²) in [5, 5.41) is 5.97. The number of rotatable bonds is 3. The van der Waals surface area contributed by atoms with Gasteiger partial charge < -0.3 is 16.4 Å². The van der Waals surface area contributed by atoms with Gasteiger partial charge in [0.25, 0.3) is 5.91 Å². The number of carbonyl (C=O) groups is 1. The van der Waals surface area contributed by atoms with Gasteiger partial charge in [-0.3, -0.25) is 4.79 Å². The Morgan fingerprint density at radius 1 is 1.53 bits per heavy atom. The molecule has 1 aromatic heterocycles. The zero-order valence-corrected chi connectivity index (χ0v) is 11.4. The minimum absolute atomic E-state index is 0.0354. The molecule has 19 heavy (non-hydrogen) atoms. The summed E-state index contributed by atoms with van der Waals surface area (Å²) < 4.78 is 13.5. The summed E-state index contributed by atoms with van der Waals surface area (Å²) in [6.45, 7) is 0. The van der Waals surface area contributed by atoms with Gasteiger partial charge in [-0.15, -0.1) is 0 Å². The molecule has 2 aromatic rings. The third-order valence-electron chi connectivity index (χ3n) is 2.25. The molecule has 0 radical (unpaired) electrons. The van der Waals surface area contributed by atoms with E-state index in [1.54, 1.807) is 7.05 Å². The number of hydrogen-bond donors (Lipinski definition) is 3. The van der Waals surface area contributed by atoms with Crippen molar-refractivity contribution in [2.24, 2.45) is 0 Å². The van der Waals surface area contributed by atoms with Crippen molar-refractivity contribution in [3.63, 3.8) is 0 Å². The minimum Gasteiger partial charge on any atom is -0.382 e. The first-order chi connectivity index (χ1) is 9.01. The van der Waals surface area contributed by atoms with E-state index in [1.807, 2.05) is 0 Å². The van der Waals surface area contributed by atoms with Crippen LogP contribution >= 0.6 is 22.9 Å². The molecular weight excluding hydrogens is 291 g/mol. The third-order valence-corrected chi connectivity index (χ3v) is 3.58. The number of anilines is 3. The van der Waals surface area contributed by atoms with Crippen molar-refractivity contribution in [1.82, 2.24) is 4.98 Å². The van der Waals surface area contributed by atoms with E-state index in [9.17, 15) is 9.18 Å². The van der Waals surface area contributed by atoms with Crippen LogP contribution in [0.25, 0.3) is 0 Å². The average Bonchev–Trinajstić information content (AvgIpc) is 2.74. The highest BCUT2D eigenvalue weighted by atomic mass is 35.5. The van der Waals surface area contributed by atoms with Crippen LogP contribution in [0.2, 0.25) is 5.02 Å². The lowest BCUT2D eigenvalue weighted by atomic mass is 10.3. The molecule has 1 amide bonds. The van der Waals surface area contributed by atoms with Gasteiger partial charge in [-0.2, -0.15) is 0 Å². The highest BCUT2D eigenvalue weighted by Gasteiger charge is 2.17. The number of nitrogen functional groups attached to an aromatic ring is 1.